The Morgan fingerprint density at radius 1 is 0.875 bits per heavy atom. The summed E-state index contributed by atoms with van der Waals surface area (Å²) in [6, 6.07) is 28.7. The Hall–Kier alpha value is -4.44. The standard InChI is InChI=1S/C46H56ClFN4O4/c1-5-55-42-16-10-15-41(48)40(42)31-51-25-27-52(28-26-51)44(53)43(49-45(54)56-32-33-11-7-6-8-12-33)34-19-22-50(23-20-34)24-21-36-30-38(47)17-18-39(36)35-13-9-14-37(29-35)46(2,3)4/h6-18,29-30,34,43H,5,19-28,31-32H2,1-4H3,(H,49,54)/t43-/m1/s1. The highest BCUT2D eigenvalue weighted by atomic mass is 35.5. The van der Waals surface area contributed by atoms with Crippen LogP contribution in [0.25, 0.3) is 11.1 Å². The van der Waals surface area contributed by atoms with Gasteiger partial charge < -0.3 is 24.6 Å². The van der Waals surface area contributed by atoms with Gasteiger partial charge in [-0.3, -0.25) is 9.69 Å². The van der Waals surface area contributed by atoms with Gasteiger partial charge in [0, 0.05) is 49.9 Å². The van der Waals surface area contributed by atoms with E-state index in [9.17, 15) is 14.0 Å². The molecule has 0 unspecified atom stereocenters. The highest BCUT2D eigenvalue weighted by molar-refractivity contribution is 6.30. The van der Waals surface area contributed by atoms with Gasteiger partial charge >= 0.3 is 6.09 Å². The molecule has 8 nitrogen and oxygen atoms in total. The number of hydrogen-bond acceptors (Lipinski definition) is 6. The fraction of sp³-hybridized carbons (Fsp3) is 0.435. The van der Waals surface area contributed by atoms with Crippen molar-refractivity contribution in [2.75, 3.05) is 52.4 Å². The lowest BCUT2D eigenvalue weighted by molar-refractivity contribution is -0.137. The lowest BCUT2D eigenvalue weighted by atomic mass is 9.85. The lowest BCUT2D eigenvalue weighted by Crippen LogP contribution is -2.58. The number of likely N-dealkylation sites (tertiary alicyclic amines) is 1. The summed E-state index contributed by atoms with van der Waals surface area (Å²) >= 11 is 6.53. The Morgan fingerprint density at radius 3 is 2.32 bits per heavy atom. The van der Waals surface area contributed by atoms with Crippen molar-refractivity contribution in [3.05, 3.63) is 124 Å². The van der Waals surface area contributed by atoms with Crippen LogP contribution in [0.15, 0.2) is 91.0 Å². The van der Waals surface area contributed by atoms with Gasteiger partial charge in [-0.05, 0) is 103 Å². The topological polar surface area (TPSA) is 74.3 Å². The number of nitrogens with zero attached hydrogens (tertiary/aromatic N) is 3. The van der Waals surface area contributed by atoms with Crippen LogP contribution in [-0.4, -0.2) is 85.2 Å². The molecule has 4 aromatic rings. The molecule has 4 aromatic carbocycles. The van der Waals surface area contributed by atoms with E-state index in [0.29, 0.717) is 50.6 Å². The third-order valence-electron chi connectivity index (χ3n) is 11.1. The molecule has 0 spiro atoms. The van der Waals surface area contributed by atoms with Gasteiger partial charge in [0.25, 0.3) is 0 Å². The number of rotatable bonds is 13. The second-order valence-electron chi connectivity index (χ2n) is 16.0. The van der Waals surface area contributed by atoms with E-state index in [2.05, 4.69) is 72.3 Å². The van der Waals surface area contributed by atoms with Crippen LogP contribution < -0.4 is 10.1 Å². The first-order valence-electron chi connectivity index (χ1n) is 20.0. The van der Waals surface area contributed by atoms with E-state index >= 15 is 0 Å². The molecule has 2 amide bonds. The smallest absolute Gasteiger partial charge is 0.408 e. The molecular weight excluding hydrogens is 727 g/mol. The van der Waals surface area contributed by atoms with Gasteiger partial charge in [-0.2, -0.15) is 0 Å². The molecule has 0 aliphatic carbocycles. The summed E-state index contributed by atoms with van der Waals surface area (Å²) < 4.78 is 26.1. The summed E-state index contributed by atoms with van der Waals surface area (Å²) in [6.07, 6.45) is 1.77. The first kappa shape index (κ1) is 41.2. The minimum absolute atomic E-state index is 0.0462. The summed E-state index contributed by atoms with van der Waals surface area (Å²) in [4.78, 5) is 33.9. The number of benzene rings is 4. The number of amides is 2. The van der Waals surface area contributed by atoms with Crippen molar-refractivity contribution in [3.8, 4) is 16.9 Å². The largest absolute Gasteiger partial charge is 0.493 e. The Morgan fingerprint density at radius 2 is 1.61 bits per heavy atom. The van der Waals surface area contributed by atoms with Crippen molar-refractivity contribution < 1.29 is 23.5 Å². The molecule has 0 radical (unpaired) electrons. The van der Waals surface area contributed by atoms with Crippen molar-refractivity contribution in [1.29, 1.82) is 0 Å². The first-order valence-corrected chi connectivity index (χ1v) is 20.4. The van der Waals surface area contributed by atoms with Crippen LogP contribution in [0.1, 0.15) is 62.8 Å². The predicted octanol–water partition coefficient (Wildman–Crippen LogP) is 8.74. The molecule has 2 saturated heterocycles. The summed E-state index contributed by atoms with van der Waals surface area (Å²) in [5, 5.41) is 3.71. The number of ether oxygens (including phenoxy) is 2. The second kappa shape index (κ2) is 19.1. The fourth-order valence-electron chi connectivity index (χ4n) is 7.80. The molecule has 298 valence electrons. The van der Waals surface area contributed by atoms with E-state index in [4.69, 9.17) is 21.1 Å². The maximum Gasteiger partial charge on any atom is 0.408 e. The van der Waals surface area contributed by atoms with Crippen LogP contribution >= 0.6 is 11.6 Å². The van der Waals surface area contributed by atoms with Gasteiger partial charge in [0.2, 0.25) is 5.91 Å². The van der Waals surface area contributed by atoms with Gasteiger partial charge in [-0.1, -0.05) is 99.1 Å². The zero-order chi connectivity index (χ0) is 39.7. The average molecular weight is 783 g/mol. The molecule has 56 heavy (non-hydrogen) atoms. The van der Waals surface area contributed by atoms with E-state index in [1.165, 1.54) is 28.3 Å². The number of alkyl carbamates (subject to hydrolysis) is 1. The molecule has 1 atom stereocenters. The van der Waals surface area contributed by atoms with Crippen LogP contribution in [0.5, 0.6) is 5.75 Å². The quantitative estimate of drug-likeness (QED) is 0.146. The predicted molar refractivity (Wildman–Crippen MR) is 221 cm³/mol. The molecule has 6 rings (SSSR count). The molecule has 2 fully saturated rings. The van der Waals surface area contributed by atoms with Gasteiger partial charge in [-0.15, -0.1) is 0 Å². The van der Waals surface area contributed by atoms with Gasteiger partial charge in [-0.25, -0.2) is 9.18 Å². The van der Waals surface area contributed by atoms with Crippen molar-refractivity contribution in [3.63, 3.8) is 0 Å². The monoisotopic (exact) mass is 782 g/mol. The SMILES string of the molecule is CCOc1cccc(F)c1CN1CCN(C(=O)[C@H](NC(=O)OCc2ccccc2)C2CCN(CCc3cc(Cl)ccc3-c3cccc(C(C)(C)C)c3)CC2)CC1. The number of nitrogens with one attached hydrogen (secondary N) is 1. The molecule has 0 aromatic heterocycles. The summed E-state index contributed by atoms with van der Waals surface area (Å²) in [7, 11) is 0. The average Bonchev–Trinajstić information content (AvgIpc) is 3.20. The van der Waals surface area contributed by atoms with E-state index in [-0.39, 0.29) is 29.7 Å². The third-order valence-corrected chi connectivity index (χ3v) is 11.3. The van der Waals surface area contributed by atoms with Crippen molar-refractivity contribution in [1.82, 2.24) is 20.0 Å². The Kier molecular flexibility index (Phi) is 14.1. The fourth-order valence-corrected chi connectivity index (χ4v) is 7.99. The van der Waals surface area contributed by atoms with E-state index < -0.39 is 12.1 Å². The van der Waals surface area contributed by atoms with Crippen LogP contribution in [0.4, 0.5) is 9.18 Å². The normalized spacial score (nSPS) is 16.4. The molecule has 2 aliphatic heterocycles. The maximum absolute atomic E-state index is 14.8. The molecule has 2 aliphatic rings. The van der Waals surface area contributed by atoms with E-state index in [0.717, 1.165) is 49.5 Å². The highest BCUT2D eigenvalue weighted by Crippen LogP contribution is 2.32. The van der Waals surface area contributed by atoms with E-state index in [1.54, 1.807) is 12.1 Å². The van der Waals surface area contributed by atoms with Gasteiger partial charge in [0.15, 0.2) is 0 Å². The summed E-state index contributed by atoms with van der Waals surface area (Å²) in [5.41, 5.74) is 6.35. The van der Waals surface area contributed by atoms with Crippen molar-refractivity contribution in [2.45, 2.75) is 71.6 Å². The van der Waals surface area contributed by atoms with Crippen LogP contribution in [0.2, 0.25) is 5.02 Å². The van der Waals surface area contributed by atoms with Crippen molar-refractivity contribution >= 4 is 23.6 Å². The Balaban J connectivity index is 1.09. The maximum atomic E-state index is 14.8. The third kappa shape index (κ3) is 10.9. The van der Waals surface area contributed by atoms with Crippen LogP contribution in [0.3, 0.4) is 0 Å². The zero-order valence-electron chi connectivity index (χ0n) is 33.2. The number of piperidine rings is 1. The molecule has 0 saturated carbocycles. The van der Waals surface area contributed by atoms with Gasteiger partial charge in [0.05, 0.1) is 6.61 Å². The second-order valence-corrected chi connectivity index (χ2v) is 16.4. The minimum Gasteiger partial charge on any atom is -0.493 e. The number of hydrogen-bond donors (Lipinski definition) is 1. The van der Waals surface area contributed by atoms with Crippen molar-refractivity contribution in [2.24, 2.45) is 5.92 Å². The number of carbonyl (C=O) groups is 2. The molecular formula is C46H56ClFN4O4. The molecule has 10 heteroatoms. The Bertz CT molecular complexity index is 1920. The molecule has 2 heterocycles. The minimum atomic E-state index is -0.710. The highest BCUT2D eigenvalue weighted by Gasteiger charge is 2.37. The van der Waals surface area contributed by atoms with E-state index in [1.807, 2.05) is 48.2 Å². The van der Waals surface area contributed by atoms with Crippen LogP contribution in [0, 0.1) is 11.7 Å². The Labute approximate surface area is 336 Å². The number of carbonyl (C=O) groups excluding carboxylic acids is 2. The summed E-state index contributed by atoms with van der Waals surface area (Å²) in [5.74, 6) is 0.115. The number of halogens is 2. The summed E-state index contributed by atoms with van der Waals surface area (Å²) in [6.45, 7) is 14.2. The molecule has 0 bridgehead atoms. The first-order chi connectivity index (χ1) is 27.0. The van der Waals surface area contributed by atoms with Gasteiger partial charge in [0.1, 0.15) is 24.2 Å². The zero-order valence-corrected chi connectivity index (χ0v) is 34.0. The lowest BCUT2D eigenvalue weighted by Gasteiger charge is -2.40. The number of piperazine rings is 1. The van der Waals surface area contributed by atoms with Crippen LogP contribution in [-0.2, 0) is 34.5 Å². The molecule has 1 N–H and O–H groups in total.